The van der Waals surface area contributed by atoms with Crippen molar-refractivity contribution >= 4 is 27.5 Å². The number of nitrogens with one attached hydrogen (secondary N) is 1. The molecule has 2 aromatic rings. The van der Waals surface area contributed by atoms with Crippen LogP contribution in [0.3, 0.4) is 0 Å². The summed E-state index contributed by atoms with van der Waals surface area (Å²) in [5, 5.41) is 2.84. The van der Waals surface area contributed by atoms with Crippen LogP contribution in [0.2, 0.25) is 0 Å². The molecule has 0 fully saturated rings. The largest absolute Gasteiger partial charge is 0.497 e. The van der Waals surface area contributed by atoms with E-state index in [4.69, 9.17) is 9.47 Å². The van der Waals surface area contributed by atoms with Crippen molar-refractivity contribution in [2.75, 3.05) is 19.5 Å². The number of hydrogen-bond acceptors (Lipinski definition) is 3. The molecule has 5 heteroatoms. The maximum atomic E-state index is 12.1. The minimum Gasteiger partial charge on any atom is -0.497 e. The Balaban J connectivity index is 2.06. The second-order valence-corrected chi connectivity index (χ2v) is 5.37. The number of anilines is 1. The third-order valence-corrected chi connectivity index (χ3v) is 3.44. The lowest BCUT2D eigenvalue weighted by Gasteiger charge is -2.10. The van der Waals surface area contributed by atoms with Crippen molar-refractivity contribution < 1.29 is 14.3 Å². The Bertz CT molecular complexity index is 604. The highest BCUT2D eigenvalue weighted by Gasteiger charge is 2.07. The minimum atomic E-state index is -0.0902. The monoisotopic (exact) mass is 349 g/mol. The molecule has 0 bridgehead atoms. The van der Waals surface area contributed by atoms with Gasteiger partial charge in [-0.2, -0.15) is 0 Å². The summed E-state index contributed by atoms with van der Waals surface area (Å²) in [6.07, 6.45) is 0.312. The number of amides is 1. The molecule has 4 nitrogen and oxygen atoms in total. The standard InChI is InChI=1S/C16H16BrNO3/c1-20-14-8-13(9-15(10-14)21-2)18-16(19)7-11-3-5-12(17)6-4-11/h3-6,8-10H,7H2,1-2H3,(H,18,19). The van der Waals surface area contributed by atoms with Gasteiger partial charge in [0.05, 0.1) is 20.6 Å². The van der Waals surface area contributed by atoms with Crippen LogP contribution in [-0.4, -0.2) is 20.1 Å². The maximum absolute atomic E-state index is 12.1. The summed E-state index contributed by atoms with van der Waals surface area (Å²) >= 11 is 3.37. The van der Waals surface area contributed by atoms with Gasteiger partial charge in [0.15, 0.2) is 0 Å². The highest BCUT2D eigenvalue weighted by molar-refractivity contribution is 9.10. The minimum absolute atomic E-state index is 0.0902. The fourth-order valence-corrected chi connectivity index (χ4v) is 2.14. The molecule has 2 rings (SSSR count). The predicted molar refractivity (Wildman–Crippen MR) is 86.0 cm³/mol. The summed E-state index contributed by atoms with van der Waals surface area (Å²) in [5.41, 5.74) is 1.60. The first-order chi connectivity index (χ1) is 10.1. The van der Waals surface area contributed by atoms with Crippen LogP contribution in [0.1, 0.15) is 5.56 Å². The van der Waals surface area contributed by atoms with E-state index in [0.29, 0.717) is 23.6 Å². The first-order valence-corrected chi connectivity index (χ1v) is 7.17. The van der Waals surface area contributed by atoms with Crippen LogP contribution >= 0.6 is 15.9 Å². The van der Waals surface area contributed by atoms with Crippen LogP contribution in [0.15, 0.2) is 46.9 Å². The Morgan fingerprint density at radius 2 is 1.62 bits per heavy atom. The fourth-order valence-electron chi connectivity index (χ4n) is 1.87. The molecular weight excluding hydrogens is 334 g/mol. The summed E-state index contributed by atoms with van der Waals surface area (Å²) in [4.78, 5) is 12.1. The summed E-state index contributed by atoms with van der Waals surface area (Å²) in [5.74, 6) is 1.18. The van der Waals surface area contributed by atoms with E-state index >= 15 is 0 Å². The van der Waals surface area contributed by atoms with Crippen LogP contribution in [-0.2, 0) is 11.2 Å². The molecule has 0 saturated carbocycles. The molecular formula is C16H16BrNO3. The molecule has 0 heterocycles. The first kappa shape index (κ1) is 15.4. The van der Waals surface area contributed by atoms with E-state index in [1.807, 2.05) is 24.3 Å². The van der Waals surface area contributed by atoms with Crippen LogP contribution in [0.4, 0.5) is 5.69 Å². The van der Waals surface area contributed by atoms with Gasteiger partial charge in [-0.1, -0.05) is 28.1 Å². The van der Waals surface area contributed by atoms with E-state index in [-0.39, 0.29) is 5.91 Å². The lowest BCUT2D eigenvalue weighted by atomic mass is 10.1. The molecule has 110 valence electrons. The number of methoxy groups -OCH3 is 2. The number of rotatable bonds is 5. The molecule has 1 amide bonds. The maximum Gasteiger partial charge on any atom is 0.228 e. The van der Waals surface area contributed by atoms with Gasteiger partial charge in [-0.25, -0.2) is 0 Å². The number of carbonyl (C=O) groups is 1. The van der Waals surface area contributed by atoms with Gasteiger partial charge in [-0.05, 0) is 17.7 Å². The number of carbonyl (C=O) groups excluding carboxylic acids is 1. The van der Waals surface area contributed by atoms with E-state index in [1.54, 1.807) is 32.4 Å². The third-order valence-electron chi connectivity index (χ3n) is 2.91. The van der Waals surface area contributed by atoms with E-state index in [2.05, 4.69) is 21.2 Å². The van der Waals surface area contributed by atoms with E-state index < -0.39 is 0 Å². The van der Waals surface area contributed by atoms with Crippen molar-refractivity contribution in [3.63, 3.8) is 0 Å². The quantitative estimate of drug-likeness (QED) is 0.896. The summed E-state index contributed by atoms with van der Waals surface area (Å²) in [6, 6.07) is 12.9. The van der Waals surface area contributed by atoms with Gasteiger partial charge in [-0.15, -0.1) is 0 Å². The van der Waals surface area contributed by atoms with Gasteiger partial charge in [-0.3, -0.25) is 4.79 Å². The Morgan fingerprint density at radius 3 is 2.14 bits per heavy atom. The molecule has 21 heavy (non-hydrogen) atoms. The average Bonchev–Trinajstić information content (AvgIpc) is 2.49. The number of benzene rings is 2. The molecule has 0 unspecified atom stereocenters. The van der Waals surface area contributed by atoms with Gasteiger partial charge in [0.2, 0.25) is 5.91 Å². The second-order valence-electron chi connectivity index (χ2n) is 4.45. The molecule has 0 aliphatic carbocycles. The average molecular weight is 350 g/mol. The van der Waals surface area contributed by atoms with E-state index in [9.17, 15) is 4.79 Å². The summed E-state index contributed by atoms with van der Waals surface area (Å²) in [7, 11) is 3.14. The van der Waals surface area contributed by atoms with Gasteiger partial charge in [0, 0.05) is 28.4 Å². The predicted octanol–water partition coefficient (Wildman–Crippen LogP) is 3.65. The summed E-state index contributed by atoms with van der Waals surface area (Å²) < 4.78 is 11.3. The SMILES string of the molecule is COc1cc(NC(=O)Cc2ccc(Br)cc2)cc(OC)c1. The Kier molecular flexibility index (Phi) is 5.22. The van der Waals surface area contributed by atoms with Crippen LogP contribution in [0.25, 0.3) is 0 Å². The van der Waals surface area contributed by atoms with Crippen molar-refractivity contribution in [2.45, 2.75) is 6.42 Å². The molecule has 0 aromatic heterocycles. The summed E-state index contributed by atoms with van der Waals surface area (Å²) in [6.45, 7) is 0. The molecule has 2 aromatic carbocycles. The van der Waals surface area contributed by atoms with Crippen LogP contribution in [0.5, 0.6) is 11.5 Å². The zero-order valence-corrected chi connectivity index (χ0v) is 13.4. The number of hydrogen-bond donors (Lipinski definition) is 1. The molecule has 0 spiro atoms. The Hall–Kier alpha value is -2.01. The lowest BCUT2D eigenvalue weighted by Crippen LogP contribution is -2.14. The second kappa shape index (κ2) is 7.13. The molecule has 0 atom stereocenters. The van der Waals surface area contributed by atoms with E-state index in [1.165, 1.54) is 0 Å². The normalized spacial score (nSPS) is 10.0. The van der Waals surface area contributed by atoms with E-state index in [0.717, 1.165) is 10.0 Å². The molecule has 1 N–H and O–H groups in total. The number of ether oxygens (including phenoxy) is 2. The molecule has 0 aliphatic rings. The first-order valence-electron chi connectivity index (χ1n) is 6.38. The molecule has 0 aliphatic heterocycles. The number of halogens is 1. The van der Waals surface area contributed by atoms with Crippen molar-refractivity contribution in [2.24, 2.45) is 0 Å². The highest BCUT2D eigenvalue weighted by Crippen LogP contribution is 2.25. The van der Waals surface area contributed by atoms with Crippen molar-refractivity contribution in [3.05, 3.63) is 52.5 Å². The highest BCUT2D eigenvalue weighted by atomic mass is 79.9. The molecule has 0 radical (unpaired) electrons. The smallest absolute Gasteiger partial charge is 0.228 e. The molecule has 0 saturated heterocycles. The lowest BCUT2D eigenvalue weighted by molar-refractivity contribution is -0.115. The van der Waals surface area contributed by atoms with Gasteiger partial charge in [0.25, 0.3) is 0 Å². The zero-order valence-electron chi connectivity index (χ0n) is 11.9. The fraction of sp³-hybridized carbons (Fsp3) is 0.188. The Morgan fingerprint density at radius 1 is 1.05 bits per heavy atom. The zero-order chi connectivity index (χ0) is 15.2. The van der Waals surface area contributed by atoms with Gasteiger partial charge in [0.1, 0.15) is 11.5 Å². The van der Waals surface area contributed by atoms with Crippen LogP contribution in [0, 0.1) is 0 Å². The Labute approximate surface area is 132 Å². The van der Waals surface area contributed by atoms with Crippen LogP contribution < -0.4 is 14.8 Å². The van der Waals surface area contributed by atoms with Crippen molar-refractivity contribution in [3.8, 4) is 11.5 Å². The van der Waals surface area contributed by atoms with Crippen molar-refractivity contribution in [1.82, 2.24) is 0 Å². The van der Waals surface area contributed by atoms with Gasteiger partial charge >= 0.3 is 0 Å². The van der Waals surface area contributed by atoms with Gasteiger partial charge < -0.3 is 14.8 Å². The third kappa shape index (κ3) is 4.49. The van der Waals surface area contributed by atoms with Crippen molar-refractivity contribution in [1.29, 1.82) is 0 Å². The topological polar surface area (TPSA) is 47.6 Å².